The molecule has 6 heteroatoms. The number of aromatic carboxylic acids is 1. The van der Waals surface area contributed by atoms with Crippen LogP contribution in [0.3, 0.4) is 0 Å². The molecule has 1 aromatic rings. The predicted molar refractivity (Wildman–Crippen MR) is 72.1 cm³/mol. The fraction of sp³-hybridized carbons (Fsp3) is 0.500. The number of nitro groups is 1. The lowest BCUT2D eigenvalue weighted by atomic mass is 9.88. The van der Waals surface area contributed by atoms with Crippen molar-refractivity contribution in [3.05, 3.63) is 33.9 Å². The molecule has 1 aliphatic carbocycles. The van der Waals surface area contributed by atoms with Gasteiger partial charge in [-0.05, 0) is 31.2 Å². The molecule has 20 heavy (non-hydrogen) atoms. The van der Waals surface area contributed by atoms with E-state index in [1.807, 2.05) is 0 Å². The van der Waals surface area contributed by atoms with Crippen molar-refractivity contribution in [2.45, 2.75) is 38.7 Å². The summed E-state index contributed by atoms with van der Waals surface area (Å²) in [7, 11) is 0. The minimum atomic E-state index is -1.22. The molecule has 1 aromatic carbocycles. The summed E-state index contributed by atoms with van der Waals surface area (Å²) in [6.07, 6.45) is 3.55. The number of nitro benzene ring substituents is 1. The van der Waals surface area contributed by atoms with E-state index < -0.39 is 10.9 Å². The van der Waals surface area contributed by atoms with E-state index in [0.717, 1.165) is 25.7 Å². The molecule has 0 aromatic heterocycles. The first-order chi connectivity index (χ1) is 9.49. The Bertz CT molecular complexity index is 496. The molecule has 108 valence electrons. The van der Waals surface area contributed by atoms with Gasteiger partial charge in [0.2, 0.25) is 5.75 Å². The number of hydrogen-bond donors (Lipinski definition) is 1. The van der Waals surface area contributed by atoms with Gasteiger partial charge in [0.1, 0.15) is 5.56 Å². The van der Waals surface area contributed by atoms with Gasteiger partial charge in [0, 0.05) is 6.07 Å². The van der Waals surface area contributed by atoms with Gasteiger partial charge in [-0.15, -0.1) is 0 Å². The second-order valence-electron chi connectivity index (χ2n) is 5.23. The Morgan fingerprint density at radius 1 is 1.45 bits per heavy atom. The minimum absolute atomic E-state index is 0.121. The van der Waals surface area contributed by atoms with Crippen LogP contribution in [0.5, 0.6) is 5.75 Å². The van der Waals surface area contributed by atoms with Crippen LogP contribution in [-0.4, -0.2) is 22.1 Å². The molecule has 0 saturated heterocycles. The van der Waals surface area contributed by atoms with Crippen molar-refractivity contribution >= 4 is 11.7 Å². The van der Waals surface area contributed by atoms with E-state index in [9.17, 15) is 14.9 Å². The van der Waals surface area contributed by atoms with E-state index in [1.54, 1.807) is 0 Å². The van der Waals surface area contributed by atoms with Gasteiger partial charge in [0.15, 0.2) is 0 Å². The van der Waals surface area contributed by atoms with Crippen molar-refractivity contribution in [3.8, 4) is 5.75 Å². The van der Waals surface area contributed by atoms with Crippen LogP contribution in [0.15, 0.2) is 18.2 Å². The molecule has 2 unspecified atom stereocenters. The van der Waals surface area contributed by atoms with Crippen LogP contribution in [0.25, 0.3) is 0 Å². The molecule has 6 nitrogen and oxygen atoms in total. The Morgan fingerprint density at radius 3 is 2.80 bits per heavy atom. The van der Waals surface area contributed by atoms with E-state index in [1.165, 1.54) is 18.2 Å². The maximum absolute atomic E-state index is 11.2. The second-order valence-corrected chi connectivity index (χ2v) is 5.23. The van der Waals surface area contributed by atoms with Gasteiger partial charge >= 0.3 is 11.7 Å². The summed E-state index contributed by atoms with van der Waals surface area (Å²) in [4.78, 5) is 21.6. The van der Waals surface area contributed by atoms with Crippen LogP contribution in [-0.2, 0) is 0 Å². The number of nitrogens with zero attached hydrogens (tertiary/aromatic N) is 1. The van der Waals surface area contributed by atoms with Crippen LogP contribution in [0.1, 0.15) is 43.0 Å². The van der Waals surface area contributed by atoms with E-state index in [0.29, 0.717) is 5.92 Å². The average molecular weight is 279 g/mol. The molecule has 1 fully saturated rings. The smallest absolute Gasteiger partial charge is 0.339 e. The number of carbonyl (C=O) groups is 1. The molecule has 2 atom stereocenters. The average Bonchev–Trinajstić information content (AvgIpc) is 2.38. The summed E-state index contributed by atoms with van der Waals surface area (Å²) in [6, 6.07) is 3.96. The van der Waals surface area contributed by atoms with Gasteiger partial charge < -0.3 is 9.84 Å². The Labute approximate surface area is 116 Å². The van der Waals surface area contributed by atoms with Gasteiger partial charge in [0.05, 0.1) is 11.0 Å². The SMILES string of the molecule is CC1CCCC(Oc2c(C(=O)O)cccc2[N+](=O)[O-])C1. The van der Waals surface area contributed by atoms with Crippen molar-refractivity contribution in [2.75, 3.05) is 0 Å². The van der Waals surface area contributed by atoms with Crippen molar-refractivity contribution in [1.29, 1.82) is 0 Å². The van der Waals surface area contributed by atoms with Crippen molar-refractivity contribution in [3.63, 3.8) is 0 Å². The first-order valence-corrected chi connectivity index (χ1v) is 6.66. The molecule has 0 spiro atoms. The summed E-state index contributed by atoms with van der Waals surface area (Å²) in [5.41, 5.74) is -0.444. The van der Waals surface area contributed by atoms with Gasteiger partial charge in [-0.1, -0.05) is 19.4 Å². The zero-order chi connectivity index (χ0) is 14.7. The maximum Gasteiger partial charge on any atom is 0.339 e. The number of carboxylic acid groups (broad SMARTS) is 1. The first-order valence-electron chi connectivity index (χ1n) is 6.66. The molecule has 1 aliphatic rings. The zero-order valence-electron chi connectivity index (χ0n) is 11.2. The lowest BCUT2D eigenvalue weighted by Gasteiger charge is -2.27. The normalized spacial score (nSPS) is 22.2. The largest absolute Gasteiger partial charge is 0.483 e. The number of para-hydroxylation sites is 1. The highest BCUT2D eigenvalue weighted by molar-refractivity contribution is 5.92. The first kappa shape index (κ1) is 14.3. The zero-order valence-corrected chi connectivity index (χ0v) is 11.2. The third kappa shape index (κ3) is 3.07. The standard InChI is InChI=1S/C14H17NO5/c1-9-4-2-5-10(8-9)20-13-11(14(16)17)6-3-7-12(13)15(18)19/h3,6-7,9-10H,2,4-5,8H2,1H3,(H,16,17). The quantitative estimate of drug-likeness (QED) is 0.675. The lowest BCUT2D eigenvalue weighted by Crippen LogP contribution is -2.25. The molecule has 1 N–H and O–H groups in total. The van der Waals surface area contributed by atoms with Crippen LogP contribution in [0.4, 0.5) is 5.69 Å². The Hall–Kier alpha value is -2.11. The summed E-state index contributed by atoms with van der Waals surface area (Å²) in [6.45, 7) is 2.10. The lowest BCUT2D eigenvalue weighted by molar-refractivity contribution is -0.386. The molecule has 0 aliphatic heterocycles. The van der Waals surface area contributed by atoms with Crippen molar-refractivity contribution < 1.29 is 19.6 Å². The Morgan fingerprint density at radius 2 is 2.20 bits per heavy atom. The fourth-order valence-corrected chi connectivity index (χ4v) is 2.61. The van der Waals surface area contributed by atoms with Crippen LogP contribution in [0, 0.1) is 16.0 Å². The van der Waals surface area contributed by atoms with Gasteiger partial charge in [-0.3, -0.25) is 10.1 Å². The van der Waals surface area contributed by atoms with Crippen LogP contribution in [0.2, 0.25) is 0 Å². The second kappa shape index (κ2) is 5.90. The third-order valence-electron chi connectivity index (χ3n) is 3.59. The fourth-order valence-electron chi connectivity index (χ4n) is 2.61. The summed E-state index contributed by atoms with van der Waals surface area (Å²) in [5.74, 6) is -0.846. The van der Waals surface area contributed by atoms with E-state index in [4.69, 9.17) is 9.84 Å². The molecule has 0 heterocycles. The molecule has 2 rings (SSSR count). The number of rotatable bonds is 4. The summed E-state index contributed by atoms with van der Waals surface area (Å²) < 4.78 is 5.69. The molecular weight excluding hydrogens is 262 g/mol. The van der Waals surface area contributed by atoms with Gasteiger partial charge in [0.25, 0.3) is 0 Å². The molecule has 1 saturated carbocycles. The van der Waals surface area contributed by atoms with E-state index in [-0.39, 0.29) is 23.1 Å². The highest BCUT2D eigenvalue weighted by atomic mass is 16.6. The van der Waals surface area contributed by atoms with Crippen molar-refractivity contribution in [1.82, 2.24) is 0 Å². The number of benzene rings is 1. The Kier molecular flexibility index (Phi) is 4.22. The molecular formula is C14H17NO5. The molecule has 0 radical (unpaired) electrons. The third-order valence-corrected chi connectivity index (χ3v) is 3.59. The molecule has 0 amide bonds. The number of hydrogen-bond acceptors (Lipinski definition) is 4. The van der Waals surface area contributed by atoms with Gasteiger partial charge in [-0.2, -0.15) is 0 Å². The van der Waals surface area contributed by atoms with Gasteiger partial charge in [-0.25, -0.2) is 4.79 Å². The minimum Gasteiger partial charge on any atom is -0.483 e. The monoisotopic (exact) mass is 279 g/mol. The predicted octanol–water partition coefficient (Wildman–Crippen LogP) is 3.25. The highest BCUT2D eigenvalue weighted by Crippen LogP contribution is 2.35. The summed E-state index contributed by atoms with van der Waals surface area (Å²) in [5, 5.41) is 20.2. The summed E-state index contributed by atoms with van der Waals surface area (Å²) >= 11 is 0. The maximum atomic E-state index is 11.2. The van der Waals surface area contributed by atoms with Crippen LogP contribution < -0.4 is 4.74 Å². The Balaban J connectivity index is 2.32. The topological polar surface area (TPSA) is 89.7 Å². The van der Waals surface area contributed by atoms with E-state index >= 15 is 0 Å². The van der Waals surface area contributed by atoms with Crippen molar-refractivity contribution in [2.24, 2.45) is 5.92 Å². The van der Waals surface area contributed by atoms with E-state index in [2.05, 4.69) is 6.92 Å². The molecule has 0 bridgehead atoms. The number of carboxylic acids is 1. The van der Waals surface area contributed by atoms with Crippen LogP contribution >= 0.6 is 0 Å². The highest BCUT2D eigenvalue weighted by Gasteiger charge is 2.28. The number of ether oxygens (including phenoxy) is 1.